The summed E-state index contributed by atoms with van der Waals surface area (Å²) in [6.45, 7) is 0. The van der Waals surface area contributed by atoms with Gasteiger partial charge in [0, 0.05) is 11.8 Å². The van der Waals surface area contributed by atoms with Gasteiger partial charge in [-0.05, 0) is 12.1 Å². The zero-order chi connectivity index (χ0) is 9.68. The molecule has 1 aromatic rings. The van der Waals surface area contributed by atoms with E-state index in [9.17, 15) is 0 Å². The van der Waals surface area contributed by atoms with E-state index in [0.29, 0.717) is 5.71 Å². The summed E-state index contributed by atoms with van der Waals surface area (Å²) in [6.07, 6.45) is 1.11. The van der Waals surface area contributed by atoms with Crippen molar-refractivity contribution < 1.29 is 4.74 Å². The van der Waals surface area contributed by atoms with Gasteiger partial charge in [0.2, 0.25) is 0 Å². The quantitative estimate of drug-likeness (QED) is 0.411. The van der Waals surface area contributed by atoms with E-state index in [4.69, 9.17) is 16.0 Å². The van der Waals surface area contributed by atoms with Crippen LogP contribution in [0.1, 0.15) is 5.56 Å². The van der Waals surface area contributed by atoms with Gasteiger partial charge in [-0.3, -0.25) is 0 Å². The number of hydrogen-bond donors (Lipinski definition) is 2. The Hall–Kier alpha value is -1.84. The van der Waals surface area contributed by atoms with Crippen LogP contribution in [-0.4, -0.2) is 19.0 Å². The zero-order valence-corrected chi connectivity index (χ0v) is 7.32. The lowest BCUT2D eigenvalue weighted by Crippen LogP contribution is -2.05. The Morgan fingerprint density at radius 3 is 2.92 bits per heavy atom. The number of methoxy groups -OCH3 is 1. The maximum absolute atomic E-state index is 7.05. The van der Waals surface area contributed by atoms with Crippen LogP contribution < -0.4 is 10.6 Å². The summed E-state index contributed by atoms with van der Waals surface area (Å²) >= 11 is 0. The number of hydrogen-bond acceptors (Lipinski definition) is 4. The number of rotatable bonds is 3. The fourth-order valence-electron chi connectivity index (χ4n) is 0.978. The Kier molecular flexibility index (Phi) is 3.03. The summed E-state index contributed by atoms with van der Waals surface area (Å²) in [7, 11) is 1.59. The molecule has 13 heavy (non-hydrogen) atoms. The van der Waals surface area contributed by atoms with Crippen molar-refractivity contribution in [3.63, 3.8) is 0 Å². The first-order valence-electron chi connectivity index (χ1n) is 3.74. The lowest BCUT2D eigenvalue weighted by atomic mass is 10.1. The summed E-state index contributed by atoms with van der Waals surface area (Å²) in [5.74, 6) is 5.83. The van der Waals surface area contributed by atoms with Gasteiger partial charge in [-0.2, -0.15) is 5.10 Å². The van der Waals surface area contributed by atoms with Crippen molar-refractivity contribution >= 4 is 11.9 Å². The predicted octanol–water partition coefficient (Wildman–Crippen LogP) is 1.01. The molecule has 68 valence electrons. The Morgan fingerprint density at radius 1 is 1.62 bits per heavy atom. The van der Waals surface area contributed by atoms with Crippen molar-refractivity contribution in [2.45, 2.75) is 0 Å². The first kappa shape index (κ1) is 9.25. The molecular weight excluding hydrogens is 166 g/mol. The molecule has 1 rings (SSSR count). The Labute approximate surface area is 76.5 Å². The van der Waals surface area contributed by atoms with E-state index in [1.807, 2.05) is 18.2 Å². The molecule has 0 atom stereocenters. The average molecular weight is 177 g/mol. The summed E-state index contributed by atoms with van der Waals surface area (Å²) in [4.78, 5) is 0. The maximum atomic E-state index is 7.05. The van der Waals surface area contributed by atoms with Crippen LogP contribution in [-0.2, 0) is 0 Å². The van der Waals surface area contributed by atoms with Crippen LogP contribution in [0.4, 0.5) is 0 Å². The fourth-order valence-corrected chi connectivity index (χ4v) is 0.978. The smallest absolute Gasteiger partial charge is 0.119 e. The third kappa shape index (κ3) is 2.05. The second-order valence-corrected chi connectivity index (χ2v) is 2.39. The molecule has 1 aromatic carbocycles. The Bertz CT molecular complexity index is 333. The highest BCUT2D eigenvalue weighted by atomic mass is 16.5. The first-order valence-corrected chi connectivity index (χ1v) is 3.74. The number of nitrogens with two attached hydrogens (primary N) is 1. The lowest BCUT2D eigenvalue weighted by molar-refractivity contribution is 0.414. The molecule has 0 radical (unpaired) electrons. The van der Waals surface area contributed by atoms with Crippen molar-refractivity contribution in [2.75, 3.05) is 7.11 Å². The highest BCUT2D eigenvalue weighted by Crippen LogP contribution is 2.12. The van der Waals surface area contributed by atoms with Crippen LogP contribution >= 0.6 is 0 Å². The summed E-state index contributed by atoms with van der Waals surface area (Å²) in [6, 6.07) is 7.24. The minimum absolute atomic E-state index is 0.430. The highest BCUT2D eigenvalue weighted by Gasteiger charge is 2.00. The van der Waals surface area contributed by atoms with Gasteiger partial charge in [0.15, 0.2) is 0 Å². The highest BCUT2D eigenvalue weighted by molar-refractivity contribution is 6.37. The van der Waals surface area contributed by atoms with E-state index < -0.39 is 0 Å². The van der Waals surface area contributed by atoms with Crippen molar-refractivity contribution in [3.05, 3.63) is 29.8 Å². The second-order valence-electron chi connectivity index (χ2n) is 2.39. The van der Waals surface area contributed by atoms with Crippen LogP contribution in [0, 0.1) is 5.41 Å². The van der Waals surface area contributed by atoms with E-state index in [1.54, 1.807) is 13.2 Å². The van der Waals surface area contributed by atoms with Crippen LogP contribution in [0.5, 0.6) is 5.75 Å². The Morgan fingerprint density at radius 2 is 2.38 bits per heavy atom. The predicted molar refractivity (Wildman–Crippen MR) is 52.5 cm³/mol. The third-order valence-corrected chi connectivity index (χ3v) is 1.64. The van der Waals surface area contributed by atoms with Crippen LogP contribution in [0.25, 0.3) is 0 Å². The van der Waals surface area contributed by atoms with Gasteiger partial charge in [0.25, 0.3) is 0 Å². The SMILES string of the molecule is COc1cccc(C(C=N)=NN)c1. The molecule has 0 aliphatic rings. The minimum atomic E-state index is 0.430. The van der Waals surface area contributed by atoms with Gasteiger partial charge in [0.1, 0.15) is 11.5 Å². The van der Waals surface area contributed by atoms with Crippen molar-refractivity contribution in [1.82, 2.24) is 0 Å². The van der Waals surface area contributed by atoms with E-state index in [1.165, 1.54) is 0 Å². The molecule has 0 fully saturated rings. The standard InChI is InChI=1S/C9H11N3O/c1-13-8-4-2-3-7(5-8)9(6-10)12-11/h2-6,10H,11H2,1H3. The van der Waals surface area contributed by atoms with Crippen LogP contribution in [0.3, 0.4) is 0 Å². The van der Waals surface area contributed by atoms with Gasteiger partial charge in [-0.1, -0.05) is 12.1 Å². The van der Waals surface area contributed by atoms with Crippen LogP contribution in [0.2, 0.25) is 0 Å². The normalized spacial score (nSPS) is 11.0. The third-order valence-electron chi connectivity index (χ3n) is 1.64. The molecule has 0 aliphatic heterocycles. The molecule has 0 aliphatic carbocycles. The summed E-state index contributed by atoms with van der Waals surface area (Å²) < 4.78 is 5.02. The lowest BCUT2D eigenvalue weighted by Gasteiger charge is -2.02. The topological polar surface area (TPSA) is 71.5 Å². The van der Waals surface area contributed by atoms with Crippen molar-refractivity contribution in [3.8, 4) is 5.75 Å². The molecule has 0 saturated carbocycles. The molecule has 0 aromatic heterocycles. The molecule has 4 heteroatoms. The fraction of sp³-hybridized carbons (Fsp3) is 0.111. The molecule has 0 heterocycles. The summed E-state index contributed by atoms with van der Waals surface area (Å²) in [5, 5.41) is 10.5. The van der Waals surface area contributed by atoms with E-state index in [2.05, 4.69) is 5.10 Å². The minimum Gasteiger partial charge on any atom is -0.497 e. The number of hydrazone groups is 1. The van der Waals surface area contributed by atoms with E-state index in [0.717, 1.165) is 17.5 Å². The number of nitrogens with zero attached hydrogens (tertiary/aromatic N) is 1. The molecular formula is C9H11N3O. The second kappa shape index (κ2) is 4.25. The number of ether oxygens (including phenoxy) is 1. The average Bonchev–Trinajstić information content (AvgIpc) is 2.20. The Balaban J connectivity index is 3.07. The van der Waals surface area contributed by atoms with Gasteiger partial charge in [0.05, 0.1) is 7.11 Å². The monoisotopic (exact) mass is 177 g/mol. The largest absolute Gasteiger partial charge is 0.497 e. The number of nitrogens with one attached hydrogen (secondary N) is 1. The molecule has 0 amide bonds. The maximum Gasteiger partial charge on any atom is 0.119 e. The van der Waals surface area contributed by atoms with Crippen molar-refractivity contribution in [2.24, 2.45) is 10.9 Å². The molecule has 0 saturated heterocycles. The van der Waals surface area contributed by atoms with E-state index >= 15 is 0 Å². The molecule has 0 bridgehead atoms. The van der Waals surface area contributed by atoms with Crippen LogP contribution in [0.15, 0.2) is 29.4 Å². The van der Waals surface area contributed by atoms with Gasteiger partial charge < -0.3 is 16.0 Å². The first-order chi connectivity index (χ1) is 6.31. The molecule has 3 N–H and O–H groups in total. The van der Waals surface area contributed by atoms with Gasteiger partial charge in [-0.25, -0.2) is 0 Å². The number of benzene rings is 1. The molecule has 0 unspecified atom stereocenters. The van der Waals surface area contributed by atoms with Gasteiger partial charge >= 0.3 is 0 Å². The zero-order valence-electron chi connectivity index (χ0n) is 7.32. The summed E-state index contributed by atoms with van der Waals surface area (Å²) in [5.41, 5.74) is 1.20. The molecule has 0 spiro atoms. The van der Waals surface area contributed by atoms with E-state index in [-0.39, 0.29) is 0 Å². The van der Waals surface area contributed by atoms with Crippen molar-refractivity contribution in [1.29, 1.82) is 5.41 Å². The van der Waals surface area contributed by atoms with Gasteiger partial charge in [-0.15, -0.1) is 0 Å². The molecule has 4 nitrogen and oxygen atoms in total.